The van der Waals surface area contributed by atoms with Gasteiger partial charge in [-0.3, -0.25) is 14.4 Å². The molecule has 0 saturated heterocycles. The number of ether oxygens (including phenoxy) is 1. The topological polar surface area (TPSA) is 60.4 Å². The fraction of sp³-hybridized carbons (Fsp3) is 0.774. The molecule has 4 heteroatoms. The van der Waals surface area contributed by atoms with Crippen molar-refractivity contribution in [2.45, 2.75) is 92.9 Å². The molecule has 0 bridgehead atoms. The summed E-state index contributed by atoms with van der Waals surface area (Å²) in [6.45, 7) is 17.9. The van der Waals surface area contributed by atoms with E-state index in [-0.39, 0.29) is 57.1 Å². The minimum Gasteiger partial charge on any atom is -0.469 e. The highest BCUT2D eigenvalue weighted by atomic mass is 16.5. The molecule has 0 aliphatic heterocycles. The number of allylic oxidation sites excluding steroid dienone is 3. The van der Waals surface area contributed by atoms with E-state index in [2.05, 4.69) is 41.2 Å². The van der Waals surface area contributed by atoms with Crippen molar-refractivity contribution in [2.75, 3.05) is 7.11 Å². The van der Waals surface area contributed by atoms with Gasteiger partial charge in [-0.1, -0.05) is 52.3 Å². The second kappa shape index (κ2) is 7.42. The van der Waals surface area contributed by atoms with E-state index in [0.29, 0.717) is 12.2 Å². The average molecular weight is 481 g/mol. The summed E-state index contributed by atoms with van der Waals surface area (Å²) < 4.78 is 5.23. The third-order valence-corrected chi connectivity index (χ3v) is 12.5. The summed E-state index contributed by atoms with van der Waals surface area (Å²) in [5, 5.41) is 0. The van der Waals surface area contributed by atoms with E-state index in [9.17, 15) is 14.4 Å². The lowest BCUT2D eigenvalue weighted by Crippen LogP contribution is -2.58. The molecule has 4 fully saturated rings. The first-order valence-electron chi connectivity index (χ1n) is 13.7. The van der Waals surface area contributed by atoms with Gasteiger partial charge < -0.3 is 4.74 Å². The van der Waals surface area contributed by atoms with Crippen LogP contribution in [-0.4, -0.2) is 24.6 Å². The van der Waals surface area contributed by atoms with E-state index < -0.39 is 5.41 Å². The second-order valence-corrected chi connectivity index (χ2v) is 14.3. The number of esters is 1. The smallest absolute Gasteiger partial charge is 0.311 e. The number of carbonyl (C=O) groups is 3. The first kappa shape index (κ1) is 25.0. The minimum absolute atomic E-state index is 0.106. The third kappa shape index (κ3) is 3.07. The normalized spacial score (nSPS) is 48.7. The summed E-state index contributed by atoms with van der Waals surface area (Å²) >= 11 is 0. The van der Waals surface area contributed by atoms with Crippen molar-refractivity contribution in [1.29, 1.82) is 0 Å². The van der Waals surface area contributed by atoms with Gasteiger partial charge in [0.05, 0.1) is 12.5 Å². The van der Waals surface area contributed by atoms with Gasteiger partial charge in [0.2, 0.25) is 0 Å². The van der Waals surface area contributed by atoms with E-state index in [1.807, 2.05) is 13.0 Å². The van der Waals surface area contributed by atoms with E-state index in [1.165, 1.54) is 12.7 Å². The molecule has 0 radical (unpaired) electrons. The standard InChI is InChI=1S/C31H44O4/c1-18-19-15-24(33)27(2,3)20(19)9-10-31(7)25(18)23(32)16-21-22-17-29(5,26(34)35-8)12-11-28(22,4)13-14-30(21,31)6/h16,19-20,22,25H,1,9-15,17H2,2-8H3/t19-,20+,22-,25-,28+,29-,30+,31+/m0/s1. The van der Waals surface area contributed by atoms with E-state index in [1.54, 1.807) is 0 Å². The van der Waals surface area contributed by atoms with E-state index in [0.717, 1.165) is 50.5 Å². The molecule has 0 aromatic carbocycles. The molecule has 0 aromatic rings. The van der Waals surface area contributed by atoms with Crippen molar-refractivity contribution in [3.05, 3.63) is 23.8 Å². The zero-order valence-corrected chi connectivity index (χ0v) is 22.9. The average Bonchev–Trinajstić information content (AvgIpc) is 2.94. The molecule has 5 aliphatic rings. The van der Waals surface area contributed by atoms with Crippen molar-refractivity contribution in [3.63, 3.8) is 0 Å². The van der Waals surface area contributed by atoms with Gasteiger partial charge >= 0.3 is 5.97 Å². The lowest BCUT2D eigenvalue weighted by Gasteiger charge is -2.63. The number of carbonyl (C=O) groups excluding carboxylic acids is 3. The van der Waals surface area contributed by atoms with Crippen molar-refractivity contribution >= 4 is 17.5 Å². The van der Waals surface area contributed by atoms with Crippen LogP contribution in [0.1, 0.15) is 92.9 Å². The highest BCUT2D eigenvalue weighted by Gasteiger charge is 2.66. The zero-order valence-electron chi connectivity index (χ0n) is 22.9. The van der Waals surface area contributed by atoms with Crippen molar-refractivity contribution < 1.29 is 19.1 Å². The summed E-state index contributed by atoms with van der Waals surface area (Å²) in [5.41, 5.74) is 1.18. The maximum absolute atomic E-state index is 14.0. The second-order valence-electron chi connectivity index (χ2n) is 14.3. The summed E-state index contributed by atoms with van der Waals surface area (Å²) in [5.74, 6) is 0.718. The SMILES string of the molecule is C=C1[C@H]2C(=O)C=C3[C@@H]4C[C@@](C)(C(=O)OC)CC[C@]4(C)CC[C@@]3(C)[C@]2(C)CC[C@@H]2[C@H]1CC(=O)C2(C)C. The Hall–Kier alpha value is -1.71. The monoisotopic (exact) mass is 480 g/mol. The van der Waals surface area contributed by atoms with Gasteiger partial charge in [0.1, 0.15) is 5.78 Å². The minimum atomic E-state index is -0.507. The van der Waals surface area contributed by atoms with Gasteiger partial charge in [0.15, 0.2) is 5.78 Å². The fourth-order valence-corrected chi connectivity index (χ4v) is 9.51. The number of fused-ring (bicyclic) bond motifs is 6. The molecular formula is C31H44O4. The van der Waals surface area contributed by atoms with Crippen LogP contribution in [0, 0.1) is 50.7 Å². The van der Waals surface area contributed by atoms with Crippen molar-refractivity contribution in [1.82, 2.24) is 0 Å². The van der Waals surface area contributed by atoms with Crippen molar-refractivity contribution in [2.24, 2.45) is 50.7 Å². The zero-order chi connectivity index (χ0) is 25.8. The summed E-state index contributed by atoms with van der Waals surface area (Å²) in [7, 11) is 1.49. The van der Waals surface area contributed by atoms with Crippen LogP contribution in [0.15, 0.2) is 23.8 Å². The molecule has 5 aliphatic carbocycles. The first-order valence-corrected chi connectivity index (χ1v) is 13.7. The van der Waals surface area contributed by atoms with Gasteiger partial charge in [-0.15, -0.1) is 0 Å². The maximum atomic E-state index is 14.0. The van der Waals surface area contributed by atoms with Crippen LogP contribution >= 0.6 is 0 Å². The molecule has 0 amide bonds. The Morgan fingerprint density at radius 3 is 2.31 bits per heavy atom. The van der Waals surface area contributed by atoms with Crippen molar-refractivity contribution in [3.8, 4) is 0 Å². The number of hydrogen-bond acceptors (Lipinski definition) is 4. The number of Topliss-reactive ketones (excluding diaryl/α,β-unsaturated/α-hetero) is 1. The Morgan fingerprint density at radius 1 is 1.00 bits per heavy atom. The molecular weight excluding hydrogens is 436 g/mol. The van der Waals surface area contributed by atoms with Crippen LogP contribution in [0.3, 0.4) is 0 Å². The fourth-order valence-electron chi connectivity index (χ4n) is 9.51. The van der Waals surface area contributed by atoms with Crippen LogP contribution in [0.5, 0.6) is 0 Å². The van der Waals surface area contributed by atoms with Gasteiger partial charge in [-0.2, -0.15) is 0 Å². The van der Waals surface area contributed by atoms with Crippen LogP contribution in [0.2, 0.25) is 0 Å². The summed E-state index contributed by atoms with van der Waals surface area (Å²) in [6.07, 6.45) is 9.16. The molecule has 0 N–H and O–H groups in total. The molecule has 35 heavy (non-hydrogen) atoms. The largest absolute Gasteiger partial charge is 0.469 e. The Kier molecular flexibility index (Phi) is 5.29. The molecule has 0 heterocycles. The molecule has 5 rings (SSSR count). The molecule has 192 valence electrons. The maximum Gasteiger partial charge on any atom is 0.311 e. The van der Waals surface area contributed by atoms with Crippen LogP contribution in [-0.2, 0) is 19.1 Å². The number of methoxy groups -OCH3 is 1. The molecule has 4 nitrogen and oxygen atoms in total. The summed E-state index contributed by atoms with van der Waals surface area (Å²) in [6, 6.07) is 0. The van der Waals surface area contributed by atoms with Gasteiger partial charge in [-0.05, 0) is 91.9 Å². The van der Waals surface area contributed by atoms with E-state index >= 15 is 0 Å². The number of rotatable bonds is 1. The van der Waals surface area contributed by atoms with Gasteiger partial charge in [-0.25, -0.2) is 0 Å². The van der Waals surface area contributed by atoms with Gasteiger partial charge in [0.25, 0.3) is 0 Å². The Morgan fingerprint density at radius 2 is 1.66 bits per heavy atom. The lowest BCUT2D eigenvalue weighted by molar-refractivity contribution is -0.159. The summed E-state index contributed by atoms with van der Waals surface area (Å²) in [4.78, 5) is 39.7. The molecule has 8 atom stereocenters. The lowest BCUT2D eigenvalue weighted by atomic mass is 9.40. The predicted molar refractivity (Wildman–Crippen MR) is 136 cm³/mol. The van der Waals surface area contributed by atoms with Crippen LogP contribution < -0.4 is 0 Å². The highest BCUT2D eigenvalue weighted by Crippen LogP contribution is 2.71. The quantitative estimate of drug-likeness (QED) is 0.318. The molecule has 4 saturated carbocycles. The molecule has 0 aromatic heterocycles. The molecule has 0 unspecified atom stereocenters. The Labute approximate surface area is 211 Å². The number of hydrogen-bond donors (Lipinski definition) is 0. The first-order chi connectivity index (χ1) is 16.1. The highest BCUT2D eigenvalue weighted by molar-refractivity contribution is 5.97. The Balaban J connectivity index is 1.60. The van der Waals surface area contributed by atoms with Crippen LogP contribution in [0.4, 0.5) is 0 Å². The predicted octanol–water partition coefficient (Wildman–Crippen LogP) is 6.49. The van der Waals surface area contributed by atoms with Crippen LogP contribution in [0.25, 0.3) is 0 Å². The van der Waals surface area contributed by atoms with Gasteiger partial charge in [0, 0.05) is 17.8 Å². The van der Waals surface area contributed by atoms with E-state index in [4.69, 9.17) is 4.74 Å². The Bertz CT molecular complexity index is 1050. The third-order valence-electron chi connectivity index (χ3n) is 12.5. The molecule has 0 spiro atoms. The number of ketones is 2.